The van der Waals surface area contributed by atoms with Crippen LogP contribution in [-0.4, -0.2) is 37.2 Å². The molecule has 6 nitrogen and oxygen atoms in total. The second-order valence-electron chi connectivity index (χ2n) is 19.9. The van der Waals surface area contributed by atoms with Crippen molar-refractivity contribution in [3.05, 3.63) is 60.8 Å². The van der Waals surface area contributed by atoms with E-state index in [0.29, 0.717) is 19.3 Å². The maximum absolute atomic E-state index is 12.8. The minimum absolute atomic E-state index is 0.0798. The summed E-state index contributed by atoms with van der Waals surface area (Å²) in [6.07, 6.45) is 72.7. The number of esters is 3. The van der Waals surface area contributed by atoms with Gasteiger partial charge in [0.1, 0.15) is 13.2 Å². The first-order valence-electron chi connectivity index (χ1n) is 29.8. The lowest BCUT2D eigenvalue weighted by Gasteiger charge is -2.18. The Morgan fingerprint density at radius 3 is 0.884 bits per heavy atom. The topological polar surface area (TPSA) is 78.9 Å². The first-order chi connectivity index (χ1) is 34.0. The van der Waals surface area contributed by atoms with Crippen molar-refractivity contribution in [2.24, 2.45) is 0 Å². The molecule has 0 rings (SSSR count). The molecule has 0 N–H and O–H groups in total. The van der Waals surface area contributed by atoms with Gasteiger partial charge in [0.2, 0.25) is 0 Å². The fourth-order valence-corrected chi connectivity index (χ4v) is 8.59. The van der Waals surface area contributed by atoms with Gasteiger partial charge in [-0.05, 0) is 64.2 Å². The Morgan fingerprint density at radius 1 is 0.304 bits per heavy atom. The summed E-state index contributed by atoms with van der Waals surface area (Å²) in [6.45, 7) is 6.46. The zero-order chi connectivity index (χ0) is 50.0. The van der Waals surface area contributed by atoms with Crippen LogP contribution in [0, 0.1) is 0 Å². The van der Waals surface area contributed by atoms with Gasteiger partial charge in [0, 0.05) is 19.3 Å². The van der Waals surface area contributed by atoms with Gasteiger partial charge in [0.25, 0.3) is 0 Å². The molecule has 0 heterocycles. The van der Waals surface area contributed by atoms with E-state index in [2.05, 4.69) is 81.5 Å². The van der Waals surface area contributed by atoms with Crippen molar-refractivity contribution in [3.63, 3.8) is 0 Å². The number of carbonyl (C=O) groups is 3. The van der Waals surface area contributed by atoms with Crippen molar-refractivity contribution < 1.29 is 28.6 Å². The average Bonchev–Trinajstić information content (AvgIpc) is 3.35. The lowest BCUT2D eigenvalue weighted by molar-refractivity contribution is -0.167. The van der Waals surface area contributed by atoms with Gasteiger partial charge in [-0.2, -0.15) is 0 Å². The van der Waals surface area contributed by atoms with Crippen molar-refractivity contribution in [1.82, 2.24) is 0 Å². The fraction of sp³-hybridized carbons (Fsp3) is 0.794. The summed E-state index contributed by atoms with van der Waals surface area (Å²) in [5, 5.41) is 0. The Balaban J connectivity index is 4.07. The molecule has 0 saturated carbocycles. The minimum Gasteiger partial charge on any atom is -0.462 e. The van der Waals surface area contributed by atoms with Gasteiger partial charge in [-0.3, -0.25) is 14.4 Å². The highest BCUT2D eigenvalue weighted by molar-refractivity contribution is 5.71. The van der Waals surface area contributed by atoms with Gasteiger partial charge in [-0.1, -0.05) is 281 Å². The third-order valence-electron chi connectivity index (χ3n) is 13.0. The van der Waals surface area contributed by atoms with Crippen LogP contribution in [0.2, 0.25) is 0 Å². The normalized spacial score (nSPS) is 12.4. The quantitative estimate of drug-likeness (QED) is 0.0262. The number of hydrogen-bond acceptors (Lipinski definition) is 6. The maximum Gasteiger partial charge on any atom is 0.306 e. The molecule has 69 heavy (non-hydrogen) atoms. The Bertz CT molecular complexity index is 1250. The van der Waals surface area contributed by atoms with Crippen molar-refractivity contribution >= 4 is 17.9 Å². The van der Waals surface area contributed by atoms with E-state index in [9.17, 15) is 14.4 Å². The molecule has 0 aromatic carbocycles. The molecule has 0 aromatic rings. The largest absolute Gasteiger partial charge is 0.462 e. The van der Waals surface area contributed by atoms with E-state index < -0.39 is 6.10 Å². The lowest BCUT2D eigenvalue weighted by atomic mass is 10.0. The third-order valence-corrected chi connectivity index (χ3v) is 13.0. The predicted octanol–water partition coefficient (Wildman–Crippen LogP) is 20.0. The van der Waals surface area contributed by atoms with Crippen LogP contribution in [0.25, 0.3) is 0 Å². The van der Waals surface area contributed by atoms with E-state index in [1.165, 1.54) is 148 Å². The van der Waals surface area contributed by atoms with Crippen LogP contribution in [0.15, 0.2) is 60.8 Å². The molecule has 0 radical (unpaired) electrons. The summed E-state index contributed by atoms with van der Waals surface area (Å²) in [7, 11) is 0. The van der Waals surface area contributed by atoms with Gasteiger partial charge < -0.3 is 14.2 Å². The van der Waals surface area contributed by atoms with E-state index in [1.807, 2.05) is 0 Å². The Hall–Kier alpha value is -2.89. The van der Waals surface area contributed by atoms with E-state index >= 15 is 0 Å². The molecule has 400 valence electrons. The summed E-state index contributed by atoms with van der Waals surface area (Å²) >= 11 is 0. The predicted molar refractivity (Wildman–Crippen MR) is 298 cm³/mol. The molecule has 0 spiro atoms. The molecule has 0 aliphatic heterocycles. The molecular formula is C63H112O6. The van der Waals surface area contributed by atoms with Gasteiger partial charge in [-0.15, -0.1) is 0 Å². The molecule has 6 heteroatoms. The number of rotatable bonds is 54. The number of carbonyl (C=O) groups excluding carboxylic acids is 3. The second-order valence-corrected chi connectivity index (χ2v) is 19.9. The van der Waals surface area contributed by atoms with Gasteiger partial charge in [0.05, 0.1) is 0 Å². The highest BCUT2D eigenvalue weighted by Crippen LogP contribution is 2.17. The van der Waals surface area contributed by atoms with Gasteiger partial charge in [-0.25, -0.2) is 0 Å². The van der Waals surface area contributed by atoms with E-state index in [0.717, 1.165) is 116 Å². The maximum atomic E-state index is 12.8. The zero-order valence-electron chi connectivity index (χ0n) is 45.8. The first kappa shape index (κ1) is 66.1. The van der Waals surface area contributed by atoms with Gasteiger partial charge >= 0.3 is 17.9 Å². The Labute approximate surface area is 428 Å². The minimum atomic E-state index is -0.780. The number of allylic oxidation sites excluding steroid dienone is 10. The van der Waals surface area contributed by atoms with Crippen LogP contribution in [0.4, 0.5) is 0 Å². The number of unbranched alkanes of at least 4 members (excludes halogenated alkanes) is 33. The first-order valence-corrected chi connectivity index (χ1v) is 29.8. The SMILES string of the molecule is CC/C=C\C/C=C\C/C=C\C/C=C\C/C=C\CCCCCCCC(=O)OC(COC(=O)CCCCCCC)COC(=O)CCCCCCCCCCCCCCCCCCCCCCCCCCC. The highest BCUT2D eigenvalue weighted by Gasteiger charge is 2.19. The molecule has 1 unspecified atom stereocenters. The van der Waals surface area contributed by atoms with Gasteiger partial charge in [0.15, 0.2) is 6.10 Å². The monoisotopic (exact) mass is 965 g/mol. The fourth-order valence-electron chi connectivity index (χ4n) is 8.59. The standard InChI is InChI=1S/C63H112O6/c1-4-7-10-13-15-17-19-21-23-25-27-29-30-31-32-34-35-37-39-41-43-45-47-50-53-56-62(65)68-59-60(58-67-61(64)55-52-49-12-9-6-3)69-63(66)57-54-51-48-46-44-42-40-38-36-33-28-26-24-22-20-18-16-14-11-8-5-2/h8,11,16,18,22,24,28,33,38,40,60H,4-7,9-10,12-15,17,19-21,23,25-27,29-32,34-37,39,41-59H2,1-3H3/b11-8-,18-16-,24-22-,33-28-,40-38-. The van der Waals surface area contributed by atoms with E-state index in [4.69, 9.17) is 14.2 Å². The van der Waals surface area contributed by atoms with Crippen molar-refractivity contribution in [3.8, 4) is 0 Å². The highest BCUT2D eigenvalue weighted by atomic mass is 16.6. The summed E-state index contributed by atoms with van der Waals surface area (Å²) in [4.78, 5) is 37.8. The Kier molecular flexibility index (Phi) is 55.3. The molecule has 0 saturated heterocycles. The zero-order valence-corrected chi connectivity index (χ0v) is 45.8. The molecule has 0 fully saturated rings. The lowest BCUT2D eigenvalue weighted by Crippen LogP contribution is -2.30. The average molecular weight is 966 g/mol. The molecule has 0 aliphatic rings. The van der Waals surface area contributed by atoms with Crippen LogP contribution >= 0.6 is 0 Å². The van der Waals surface area contributed by atoms with Crippen molar-refractivity contribution in [2.45, 2.75) is 309 Å². The summed E-state index contributed by atoms with van der Waals surface area (Å²) in [5.74, 6) is -0.901. The number of ether oxygens (including phenoxy) is 3. The summed E-state index contributed by atoms with van der Waals surface area (Å²) in [6, 6.07) is 0. The second kappa shape index (κ2) is 57.7. The Morgan fingerprint density at radius 2 is 0.565 bits per heavy atom. The number of hydrogen-bond donors (Lipinski definition) is 0. The van der Waals surface area contributed by atoms with Crippen molar-refractivity contribution in [1.29, 1.82) is 0 Å². The molecule has 0 aromatic heterocycles. The molecular weight excluding hydrogens is 853 g/mol. The molecule has 1 atom stereocenters. The van der Waals surface area contributed by atoms with Crippen LogP contribution in [0.3, 0.4) is 0 Å². The van der Waals surface area contributed by atoms with Crippen LogP contribution in [-0.2, 0) is 28.6 Å². The van der Waals surface area contributed by atoms with Crippen LogP contribution in [0.1, 0.15) is 303 Å². The van der Waals surface area contributed by atoms with Crippen LogP contribution < -0.4 is 0 Å². The summed E-state index contributed by atoms with van der Waals surface area (Å²) in [5.41, 5.74) is 0. The molecule has 0 aliphatic carbocycles. The van der Waals surface area contributed by atoms with E-state index in [-0.39, 0.29) is 31.1 Å². The molecule has 0 bridgehead atoms. The van der Waals surface area contributed by atoms with Crippen molar-refractivity contribution in [2.75, 3.05) is 13.2 Å². The van der Waals surface area contributed by atoms with Crippen LogP contribution in [0.5, 0.6) is 0 Å². The smallest absolute Gasteiger partial charge is 0.306 e. The molecule has 0 amide bonds. The third kappa shape index (κ3) is 55.9. The van der Waals surface area contributed by atoms with E-state index in [1.54, 1.807) is 0 Å². The summed E-state index contributed by atoms with van der Waals surface area (Å²) < 4.78 is 16.7.